The fourth-order valence-corrected chi connectivity index (χ4v) is 3.80. The van der Waals surface area contributed by atoms with Crippen molar-refractivity contribution in [2.75, 3.05) is 19.1 Å². The van der Waals surface area contributed by atoms with Crippen molar-refractivity contribution in [2.45, 2.75) is 6.04 Å². The summed E-state index contributed by atoms with van der Waals surface area (Å²) in [5.41, 5.74) is 1.33. The second-order valence-electron chi connectivity index (χ2n) is 7.17. The zero-order valence-corrected chi connectivity index (χ0v) is 17.5. The number of aromatic hydroxyl groups is 1. The van der Waals surface area contributed by atoms with E-state index < -0.39 is 17.7 Å². The molecule has 0 spiro atoms. The summed E-state index contributed by atoms with van der Waals surface area (Å²) in [5, 5.41) is 20.7. The number of benzene rings is 3. The zero-order valence-electron chi connectivity index (χ0n) is 17.5. The summed E-state index contributed by atoms with van der Waals surface area (Å²) in [5.74, 6) is -0.934. The fraction of sp³-hybridized carbons (Fsp3) is 0.120. The van der Waals surface area contributed by atoms with Crippen LogP contribution in [0.3, 0.4) is 0 Å². The Hall–Kier alpha value is -4.26. The summed E-state index contributed by atoms with van der Waals surface area (Å²) in [6.45, 7) is 0. The Kier molecular flexibility index (Phi) is 5.55. The molecule has 0 saturated carbocycles. The van der Waals surface area contributed by atoms with E-state index in [0.717, 1.165) is 0 Å². The molecule has 1 aliphatic rings. The molecule has 1 fully saturated rings. The van der Waals surface area contributed by atoms with Crippen molar-refractivity contribution in [2.24, 2.45) is 0 Å². The Balaban J connectivity index is 1.96. The van der Waals surface area contributed by atoms with Gasteiger partial charge >= 0.3 is 0 Å². The Morgan fingerprint density at radius 2 is 1.53 bits per heavy atom. The summed E-state index contributed by atoms with van der Waals surface area (Å²) in [4.78, 5) is 27.5. The van der Waals surface area contributed by atoms with Gasteiger partial charge in [-0.3, -0.25) is 14.5 Å². The fourth-order valence-electron chi connectivity index (χ4n) is 3.80. The number of methoxy groups -OCH3 is 2. The van der Waals surface area contributed by atoms with Crippen LogP contribution in [-0.2, 0) is 9.59 Å². The van der Waals surface area contributed by atoms with Gasteiger partial charge in [-0.2, -0.15) is 0 Å². The van der Waals surface area contributed by atoms with Gasteiger partial charge in [0.05, 0.1) is 25.8 Å². The third kappa shape index (κ3) is 3.54. The minimum atomic E-state index is -0.917. The molecule has 0 aliphatic carbocycles. The highest BCUT2D eigenvalue weighted by molar-refractivity contribution is 6.51. The highest BCUT2D eigenvalue weighted by Crippen LogP contribution is 2.44. The van der Waals surface area contributed by atoms with Crippen LogP contribution in [0.4, 0.5) is 5.69 Å². The van der Waals surface area contributed by atoms with E-state index in [1.54, 1.807) is 48.5 Å². The second kappa shape index (κ2) is 8.47. The molecule has 0 aromatic heterocycles. The van der Waals surface area contributed by atoms with Gasteiger partial charge in [0, 0.05) is 11.3 Å². The van der Waals surface area contributed by atoms with Gasteiger partial charge in [0.2, 0.25) is 0 Å². The standard InChI is InChI=1S/C25H21NO6/c1-31-19-13-8-16(14-20(19)32-2)22-21(23(28)15-6-4-3-5-7-15)24(29)25(30)26(22)17-9-11-18(27)12-10-17/h3-14,22,27-28H,1-2H3/t22-/m1/s1. The minimum Gasteiger partial charge on any atom is -0.508 e. The van der Waals surface area contributed by atoms with E-state index in [-0.39, 0.29) is 17.1 Å². The van der Waals surface area contributed by atoms with Gasteiger partial charge in [-0.15, -0.1) is 0 Å². The van der Waals surface area contributed by atoms with E-state index >= 15 is 0 Å². The number of phenolic OH excluding ortho intramolecular Hbond substituents is 1. The quantitative estimate of drug-likeness (QED) is 0.360. The molecular formula is C25H21NO6. The second-order valence-corrected chi connectivity index (χ2v) is 7.17. The number of hydrogen-bond acceptors (Lipinski definition) is 6. The minimum absolute atomic E-state index is 0.0253. The molecule has 4 rings (SSSR count). The predicted octanol–water partition coefficient (Wildman–Crippen LogP) is 4.04. The molecule has 162 valence electrons. The molecule has 2 N–H and O–H groups in total. The van der Waals surface area contributed by atoms with Crippen LogP contribution in [-0.4, -0.2) is 36.1 Å². The van der Waals surface area contributed by atoms with E-state index in [2.05, 4.69) is 0 Å². The number of aliphatic hydroxyl groups is 1. The summed E-state index contributed by atoms with van der Waals surface area (Å²) < 4.78 is 10.7. The number of ether oxygens (including phenoxy) is 2. The number of carbonyl (C=O) groups is 2. The lowest BCUT2D eigenvalue weighted by Crippen LogP contribution is -2.29. The van der Waals surface area contributed by atoms with Crippen LogP contribution in [0.25, 0.3) is 5.76 Å². The number of rotatable bonds is 5. The number of Topliss-reactive ketones (excluding diaryl/α,β-unsaturated/α-hetero) is 1. The van der Waals surface area contributed by atoms with Crippen molar-refractivity contribution in [1.29, 1.82) is 0 Å². The first-order chi connectivity index (χ1) is 15.5. The molecule has 32 heavy (non-hydrogen) atoms. The van der Waals surface area contributed by atoms with Gasteiger partial charge in [-0.25, -0.2) is 0 Å². The molecule has 1 heterocycles. The molecule has 0 unspecified atom stereocenters. The van der Waals surface area contributed by atoms with Crippen molar-refractivity contribution >= 4 is 23.1 Å². The van der Waals surface area contributed by atoms with Gasteiger partial charge in [0.15, 0.2) is 11.5 Å². The van der Waals surface area contributed by atoms with Gasteiger partial charge in [-0.1, -0.05) is 36.4 Å². The summed E-state index contributed by atoms with van der Waals surface area (Å²) in [6.07, 6.45) is 0. The molecule has 3 aromatic carbocycles. The van der Waals surface area contributed by atoms with Gasteiger partial charge in [0.25, 0.3) is 11.7 Å². The summed E-state index contributed by atoms with van der Waals surface area (Å²) >= 11 is 0. The average molecular weight is 431 g/mol. The summed E-state index contributed by atoms with van der Waals surface area (Å²) in [7, 11) is 3.00. The van der Waals surface area contributed by atoms with Crippen molar-refractivity contribution < 1.29 is 29.3 Å². The molecule has 7 heteroatoms. The van der Waals surface area contributed by atoms with Crippen molar-refractivity contribution in [3.63, 3.8) is 0 Å². The smallest absolute Gasteiger partial charge is 0.300 e. The van der Waals surface area contributed by atoms with Gasteiger partial charge in [0.1, 0.15) is 11.5 Å². The Morgan fingerprint density at radius 3 is 2.16 bits per heavy atom. The third-order valence-corrected chi connectivity index (χ3v) is 5.34. The van der Waals surface area contributed by atoms with E-state index in [1.165, 1.54) is 43.4 Å². The lowest BCUT2D eigenvalue weighted by Gasteiger charge is -2.26. The Bertz CT molecular complexity index is 1200. The van der Waals surface area contributed by atoms with Crippen molar-refractivity contribution in [1.82, 2.24) is 0 Å². The molecule has 0 radical (unpaired) electrons. The lowest BCUT2D eigenvalue weighted by atomic mass is 9.94. The first-order valence-electron chi connectivity index (χ1n) is 9.83. The number of phenols is 1. The molecule has 3 aromatic rings. The van der Waals surface area contributed by atoms with Gasteiger partial charge in [-0.05, 0) is 42.0 Å². The number of hydrogen-bond donors (Lipinski definition) is 2. The number of nitrogens with zero attached hydrogens (tertiary/aromatic N) is 1. The van der Waals surface area contributed by atoms with Gasteiger partial charge < -0.3 is 19.7 Å². The van der Waals surface area contributed by atoms with E-state index in [9.17, 15) is 19.8 Å². The molecule has 1 saturated heterocycles. The van der Waals surface area contributed by atoms with E-state index in [1.807, 2.05) is 0 Å². The first kappa shape index (κ1) is 21.0. The lowest BCUT2D eigenvalue weighted by molar-refractivity contribution is -0.132. The molecular weight excluding hydrogens is 410 g/mol. The maximum Gasteiger partial charge on any atom is 0.300 e. The van der Waals surface area contributed by atoms with E-state index in [4.69, 9.17) is 9.47 Å². The van der Waals surface area contributed by atoms with Crippen molar-refractivity contribution in [3.8, 4) is 17.2 Å². The number of ketones is 1. The van der Waals surface area contributed by atoms with Crippen LogP contribution in [0.5, 0.6) is 17.2 Å². The third-order valence-electron chi connectivity index (χ3n) is 5.34. The zero-order chi connectivity index (χ0) is 22.8. The SMILES string of the molecule is COc1ccc([C@@H]2C(=C(O)c3ccccc3)C(=O)C(=O)N2c2ccc(O)cc2)cc1OC. The van der Waals surface area contributed by atoms with Crippen LogP contribution in [0.1, 0.15) is 17.2 Å². The maximum atomic E-state index is 13.1. The maximum absolute atomic E-state index is 13.1. The summed E-state index contributed by atoms with van der Waals surface area (Å²) in [6, 6.07) is 18.6. The largest absolute Gasteiger partial charge is 0.508 e. The van der Waals surface area contributed by atoms with Crippen LogP contribution in [0.2, 0.25) is 0 Å². The van der Waals surface area contributed by atoms with Crippen LogP contribution in [0.15, 0.2) is 78.4 Å². The van der Waals surface area contributed by atoms with Crippen molar-refractivity contribution in [3.05, 3.63) is 89.5 Å². The molecule has 1 amide bonds. The van der Waals surface area contributed by atoms with Crippen LogP contribution < -0.4 is 14.4 Å². The number of amides is 1. The normalized spacial score (nSPS) is 17.4. The highest BCUT2D eigenvalue weighted by Gasteiger charge is 2.47. The van der Waals surface area contributed by atoms with Crippen LogP contribution in [0, 0.1) is 0 Å². The monoisotopic (exact) mass is 431 g/mol. The molecule has 0 bridgehead atoms. The topological polar surface area (TPSA) is 96.3 Å². The molecule has 1 aliphatic heterocycles. The molecule has 7 nitrogen and oxygen atoms in total. The van der Waals surface area contributed by atoms with E-state index in [0.29, 0.717) is 28.3 Å². The Labute approximate surface area is 184 Å². The number of aliphatic hydroxyl groups excluding tert-OH is 1. The molecule has 1 atom stereocenters. The van der Waals surface area contributed by atoms with Crippen LogP contribution >= 0.6 is 0 Å². The number of anilines is 1. The predicted molar refractivity (Wildman–Crippen MR) is 119 cm³/mol. The first-order valence-corrected chi connectivity index (χ1v) is 9.83. The number of carbonyl (C=O) groups excluding carboxylic acids is 2. The Morgan fingerprint density at radius 1 is 0.875 bits per heavy atom. The average Bonchev–Trinajstić information content (AvgIpc) is 3.09. The highest BCUT2D eigenvalue weighted by atomic mass is 16.5.